The summed E-state index contributed by atoms with van der Waals surface area (Å²) in [5.74, 6) is 0. The lowest BCUT2D eigenvalue weighted by atomic mass is 9.97. The number of nitrogens with zero attached hydrogens (tertiary/aromatic N) is 2. The third kappa shape index (κ3) is 3.22. The van der Waals surface area contributed by atoms with Crippen LogP contribution in [0.3, 0.4) is 0 Å². The van der Waals surface area contributed by atoms with Gasteiger partial charge in [0.05, 0.1) is 11.8 Å². The Labute approximate surface area is 113 Å². The molecule has 2 aromatic rings. The van der Waals surface area contributed by atoms with Gasteiger partial charge >= 0.3 is 0 Å². The average Bonchev–Trinajstić information content (AvgIpc) is 2.80. The molecule has 0 aliphatic carbocycles. The number of aliphatic hydroxyl groups excluding tert-OH is 1. The Balaban J connectivity index is 2.12. The second-order valence-electron chi connectivity index (χ2n) is 4.86. The van der Waals surface area contributed by atoms with E-state index in [1.807, 2.05) is 50.5 Å². The molecule has 1 heterocycles. The van der Waals surface area contributed by atoms with E-state index in [0.29, 0.717) is 6.42 Å². The van der Waals surface area contributed by atoms with E-state index in [4.69, 9.17) is 5.73 Å². The molecule has 0 radical (unpaired) electrons. The van der Waals surface area contributed by atoms with E-state index < -0.39 is 6.10 Å². The number of rotatable bonds is 5. The first-order valence-corrected chi connectivity index (χ1v) is 6.61. The maximum absolute atomic E-state index is 10.4. The summed E-state index contributed by atoms with van der Waals surface area (Å²) in [7, 11) is 1.86. The molecule has 0 saturated carbocycles. The van der Waals surface area contributed by atoms with Crippen molar-refractivity contribution in [2.45, 2.75) is 31.9 Å². The zero-order chi connectivity index (χ0) is 13.8. The summed E-state index contributed by atoms with van der Waals surface area (Å²) in [6.45, 7) is 2.03. The van der Waals surface area contributed by atoms with Crippen molar-refractivity contribution in [3.63, 3.8) is 0 Å². The van der Waals surface area contributed by atoms with Crippen LogP contribution in [0.4, 0.5) is 0 Å². The number of aryl methyl sites for hydroxylation is 2. The predicted molar refractivity (Wildman–Crippen MR) is 75.7 cm³/mol. The van der Waals surface area contributed by atoms with Crippen LogP contribution in [0.15, 0.2) is 36.5 Å². The van der Waals surface area contributed by atoms with E-state index >= 15 is 0 Å². The molecule has 2 rings (SSSR count). The van der Waals surface area contributed by atoms with Gasteiger partial charge in [-0.3, -0.25) is 4.68 Å². The standard InChI is InChI=1S/C15H21N3O/c1-3-14-12(10-18(2)17-14)15(19)13(16)9-11-7-5-4-6-8-11/h4-8,10,13,15,19H,3,9,16H2,1-2H3. The molecule has 3 N–H and O–H groups in total. The highest BCUT2D eigenvalue weighted by Gasteiger charge is 2.21. The number of aliphatic hydroxyl groups is 1. The van der Waals surface area contributed by atoms with Crippen LogP contribution in [0, 0.1) is 0 Å². The fourth-order valence-electron chi connectivity index (χ4n) is 2.30. The molecule has 0 bridgehead atoms. The van der Waals surface area contributed by atoms with Gasteiger partial charge in [0.2, 0.25) is 0 Å². The summed E-state index contributed by atoms with van der Waals surface area (Å²) in [5.41, 5.74) is 9.02. The van der Waals surface area contributed by atoms with Crippen molar-refractivity contribution in [3.8, 4) is 0 Å². The van der Waals surface area contributed by atoms with Crippen LogP contribution >= 0.6 is 0 Å². The van der Waals surface area contributed by atoms with E-state index in [1.54, 1.807) is 4.68 Å². The lowest BCUT2D eigenvalue weighted by Gasteiger charge is -2.18. The number of aromatic nitrogens is 2. The first kappa shape index (κ1) is 13.8. The molecule has 4 nitrogen and oxygen atoms in total. The van der Waals surface area contributed by atoms with Crippen molar-refractivity contribution in [2.24, 2.45) is 12.8 Å². The van der Waals surface area contributed by atoms with Crippen molar-refractivity contribution in [1.29, 1.82) is 0 Å². The summed E-state index contributed by atoms with van der Waals surface area (Å²) in [5, 5.41) is 14.7. The van der Waals surface area contributed by atoms with Gasteiger partial charge in [0.15, 0.2) is 0 Å². The minimum Gasteiger partial charge on any atom is -0.387 e. The van der Waals surface area contributed by atoms with Crippen molar-refractivity contribution < 1.29 is 5.11 Å². The van der Waals surface area contributed by atoms with Gasteiger partial charge in [-0.05, 0) is 18.4 Å². The summed E-state index contributed by atoms with van der Waals surface area (Å²) < 4.78 is 1.73. The molecule has 0 aliphatic heterocycles. The Kier molecular flexibility index (Phi) is 4.35. The lowest BCUT2D eigenvalue weighted by molar-refractivity contribution is 0.145. The molecule has 1 aromatic heterocycles. The summed E-state index contributed by atoms with van der Waals surface area (Å²) in [6.07, 6.45) is 2.63. The molecule has 0 spiro atoms. The van der Waals surface area contributed by atoms with Crippen LogP contribution in [-0.4, -0.2) is 20.9 Å². The van der Waals surface area contributed by atoms with Crippen molar-refractivity contribution in [1.82, 2.24) is 9.78 Å². The van der Waals surface area contributed by atoms with Crippen LogP contribution in [0.2, 0.25) is 0 Å². The molecule has 0 saturated heterocycles. The summed E-state index contributed by atoms with van der Waals surface area (Å²) in [6, 6.07) is 9.66. The monoisotopic (exact) mass is 259 g/mol. The molecule has 0 fully saturated rings. The molecule has 0 aliphatic rings. The van der Waals surface area contributed by atoms with Crippen LogP contribution in [0.5, 0.6) is 0 Å². The SMILES string of the molecule is CCc1nn(C)cc1C(O)C(N)Cc1ccccc1. The lowest BCUT2D eigenvalue weighted by Crippen LogP contribution is -2.31. The highest BCUT2D eigenvalue weighted by atomic mass is 16.3. The molecule has 1 aromatic carbocycles. The smallest absolute Gasteiger partial charge is 0.0977 e. The van der Waals surface area contributed by atoms with Gasteiger partial charge in [-0.15, -0.1) is 0 Å². The van der Waals surface area contributed by atoms with Gasteiger partial charge in [0.25, 0.3) is 0 Å². The van der Waals surface area contributed by atoms with Gasteiger partial charge in [-0.2, -0.15) is 5.10 Å². The van der Waals surface area contributed by atoms with Crippen molar-refractivity contribution in [3.05, 3.63) is 53.3 Å². The number of hydrogen-bond acceptors (Lipinski definition) is 3. The molecular formula is C15H21N3O. The van der Waals surface area contributed by atoms with Crippen molar-refractivity contribution in [2.75, 3.05) is 0 Å². The molecule has 19 heavy (non-hydrogen) atoms. The van der Waals surface area contributed by atoms with E-state index in [2.05, 4.69) is 5.10 Å². The molecule has 2 unspecified atom stereocenters. The second kappa shape index (κ2) is 5.99. The largest absolute Gasteiger partial charge is 0.387 e. The summed E-state index contributed by atoms with van der Waals surface area (Å²) in [4.78, 5) is 0. The topological polar surface area (TPSA) is 64.1 Å². The van der Waals surface area contributed by atoms with E-state index in [0.717, 1.165) is 23.2 Å². The van der Waals surface area contributed by atoms with Crippen LogP contribution in [-0.2, 0) is 19.9 Å². The minimum absolute atomic E-state index is 0.322. The summed E-state index contributed by atoms with van der Waals surface area (Å²) >= 11 is 0. The van der Waals surface area contributed by atoms with Crippen LogP contribution in [0.1, 0.15) is 29.8 Å². The predicted octanol–water partition coefficient (Wildman–Crippen LogP) is 1.59. The molecule has 0 amide bonds. The van der Waals surface area contributed by atoms with Gasteiger partial charge in [0.1, 0.15) is 0 Å². The van der Waals surface area contributed by atoms with Gasteiger partial charge in [-0.25, -0.2) is 0 Å². The zero-order valence-electron chi connectivity index (χ0n) is 11.5. The molecular weight excluding hydrogens is 238 g/mol. The van der Waals surface area contributed by atoms with Gasteiger partial charge < -0.3 is 10.8 Å². The molecule has 2 atom stereocenters. The molecule has 102 valence electrons. The maximum atomic E-state index is 10.4. The first-order chi connectivity index (χ1) is 9.11. The highest BCUT2D eigenvalue weighted by molar-refractivity contribution is 5.23. The Morgan fingerprint density at radius 2 is 2.00 bits per heavy atom. The quantitative estimate of drug-likeness (QED) is 0.857. The van der Waals surface area contributed by atoms with Gasteiger partial charge in [-0.1, -0.05) is 37.3 Å². The number of benzene rings is 1. The maximum Gasteiger partial charge on any atom is 0.0977 e. The minimum atomic E-state index is -0.677. The third-order valence-corrected chi connectivity index (χ3v) is 3.31. The van der Waals surface area contributed by atoms with E-state index in [-0.39, 0.29) is 6.04 Å². The Bertz CT molecular complexity index is 521. The molecule has 4 heteroatoms. The van der Waals surface area contributed by atoms with E-state index in [1.165, 1.54) is 0 Å². The third-order valence-electron chi connectivity index (χ3n) is 3.31. The fraction of sp³-hybridized carbons (Fsp3) is 0.400. The average molecular weight is 259 g/mol. The van der Waals surface area contributed by atoms with Crippen molar-refractivity contribution >= 4 is 0 Å². The first-order valence-electron chi connectivity index (χ1n) is 6.61. The normalized spacial score (nSPS) is 14.3. The Morgan fingerprint density at radius 1 is 1.32 bits per heavy atom. The van der Waals surface area contributed by atoms with Crippen LogP contribution in [0.25, 0.3) is 0 Å². The second-order valence-corrected chi connectivity index (χ2v) is 4.86. The Morgan fingerprint density at radius 3 is 2.63 bits per heavy atom. The number of hydrogen-bond donors (Lipinski definition) is 2. The Hall–Kier alpha value is -1.65. The van der Waals surface area contributed by atoms with E-state index in [9.17, 15) is 5.11 Å². The zero-order valence-corrected chi connectivity index (χ0v) is 11.5. The van der Waals surface area contributed by atoms with Gasteiger partial charge in [0, 0.05) is 24.8 Å². The number of nitrogens with two attached hydrogens (primary N) is 1. The highest BCUT2D eigenvalue weighted by Crippen LogP contribution is 2.21. The fourth-order valence-corrected chi connectivity index (χ4v) is 2.30. The van der Waals surface area contributed by atoms with Crippen LogP contribution < -0.4 is 5.73 Å².